The molecule has 0 radical (unpaired) electrons. The molecule has 1 aromatic heterocycles. The zero-order valence-electron chi connectivity index (χ0n) is 13.6. The van der Waals surface area contributed by atoms with Crippen LogP contribution in [0, 0.1) is 0 Å². The van der Waals surface area contributed by atoms with Gasteiger partial charge in [0.05, 0.1) is 6.20 Å². The quantitative estimate of drug-likeness (QED) is 0.396. The third-order valence-corrected chi connectivity index (χ3v) is 3.66. The van der Waals surface area contributed by atoms with Crippen LogP contribution < -0.4 is 4.57 Å². The van der Waals surface area contributed by atoms with Crippen molar-refractivity contribution in [1.29, 1.82) is 0 Å². The van der Waals surface area contributed by atoms with Crippen LogP contribution in [0.5, 0.6) is 0 Å². The molecule has 3 aromatic rings. The van der Waals surface area contributed by atoms with Crippen LogP contribution in [0.3, 0.4) is 0 Å². The van der Waals surface area contributed by atoms with Crippen LogP contribution in [0.25, 0.3) is 6.08 Å². The van der Waals surface area contributed by atoms with Crippen LogP contribution in [-0.4, -0.2) is 16.6 Å². The topological polar surface area (TPSA) is 50.9 Å². The van der Waals surface area contributed by atoms with Crippen LogP contribution in [-0.2, 0) is 6.54 Å². The number of carbonyl (C=O) groups is 2. The van der Waals surface area contributed by atoms with Gasteiger partial charge >= 0.3 is 0 Å². The van der Waals surface area contributed by atoms with E-state index in [-0.39, 0.29) is 18.1 Å². The van der Waals surface area contributed by atoms with Crippen LogP contribution >= 0.6 is 0 Å². The molecule has 0 aliphatic heterocycles. The Balaban J connectivity index is 1.72. The third kappa shape index (κ3) is 4.54. The van der Waals surface area contributed by atoms with E-state index >= 15 is 0 Å². The summed E-state index contributed by atoms with van der Waals surface area (Å²) >= 11 is 0. The van der Waals surface area contributed by atoms with Crippen molar-refractivity contribution >= 4 is 17.6 Å². The first-order valence-electron chi connectivity index (χ1n) is 7.93. The molecule has 0 saturated heterocycles. The highest BCUT2D eigenvalue weighted by Gasteiger charge is 2.14. The Kier molecular flexibility index (Phi) is 5.22. The number of nitrogens with zero attached hydrogens (tertiary/aromatic N) is 2. The Morgan fingerprint density at radius 1 is 0.960 bits per heavy atom. The molecule has 0 saturated carbocycles. The van der Waals surface area contributed by atoms with Gasteiger partial charge in [-0.3, -0.25) is 9.59 Å². The first-order chi connectivity index (χ1) is 12.2. The fraction of sp³-hybridized carbons (Fsp3) is 0.0476. The molecule has 0 fully saturated rings. The third-order valence-electron chi connectivity index (χ3n) is 3.66. The molecule has 0 unspecified atom stereocenters. The highest BCUT2D eigenvalue weighted by atomic mass is 16.1. The minimum atomic E-state index is -0.203. The maximum absolute atomic E-state index is 12.3. The van der Waals surface area contributed by atoms with Crippen molar-refractivity contribution in [1.82, 2.24) is 4.98 Å². The van der Waals surface area contributed by atoms with Gasteiger partial charge in [-0.15, -0.1) is 0 Å². The molecule has 25 heavy (non-hydrogen) atoms. The Morgan fingerprint density at radius 2 is 1.64 bits per heavy atom. The normalized spacial score (nSPS) is 10.7. The zero-order chi connectivity index (χ0) is 17.5. The van der Waals surface area contributed by atoms with Crippen molar-refractivity contribution in [3.8, 4) is 0 Å². The van der Waals surface area contributed by atoms with Crippen molar-refractivity contribution in [3.05, 3.63) is 102 Å². The molecule has 0 aliphatic carbocycles. The van der Waals surface area contributed by atoms with Crippen molar-refractivity contribution < 1.29 is 14.2 Å². The number of hydrogen-bond acceptors (Lipinski definition) is 3. The predicted molar refractivity (Wildman–Crippen MR) is 95.0 cm³/mol. The lowest BCUT2D eigenvalue weighted by molar-refractivity contribution is -0.683. The minimum absolute atomic E-state index is 0.0185. The monoisotopic (exact) mass is 329 g/mol. The predicted octanol–water partition coefficient (Wildman–Crippen LogP) is 3.15. The smallest absolute Gasteiger partial charge is 0.227 e. The molecular weight excluding hydrogens is 312 g/mol. The average Bonchev–Trinajstić information content (AvgIpc) is 2.68. The lowest BCUT2D eigenvalue weighted by atomic mass is 10.1. The fourth-order valence-electron chi connectivity index (χ4n) is 2.36. The molecule has 3 rings (SSSR count). The molecule has 0 N–H and O–H groups in total. The Bertz CT molecular complexity index is 903. The van der Waals surface area contributed by atoms with E-state index in [9.17, 15) is 9.59 Å². The van der Waals surface area contributed by atoms with Gasteiger partial charge in [-0.05, 0) is 11.6 Å². The number of hydrogen-bond donors (Lipinski definition) is 0. The second kappa shape index (κ2) is 7.93. The number of benzene rings is 2. The number of ketones is 2. The highest BCUT2D eigenvalue weighted by molar-refractivity contribution is 6.05. The van der Waals surface area contributed by atoms with Gasteiger partial charge < -0.3 is 0 Å². The first kappa shape index (κ1) is 16.5. The highest BCUT2D eigenvalue weighted by Crippen LogP contribution is 2.03. The average molecular weight is 329 g/mol. The van der Waals surface area contributed by atoms with Crippen molar-refractivity contribution in [3.63, 3.8) is 0 Å². The van der Waals surface area contributed by atoms with E-state index < -0.39 is 0 Å². The zero-order valence-corrected chi connectivity index (χ0v) is 13.6. The summed E-state index contributed by atoms with van der Waals surface area (Å²) in [5.41, 5.74) is 1.89. The maximum Gasteiger partial charge on any atom is 0.227 e. The van der Waals surface area contributed by atoms with E-state index in [0.717, 1.165) is 5.56 Å². The van der Waals surface area contributed by atoms with Gasteiger partial charge in [0.2, 0.25) is 18.1 Å². The summed E-state index contributed by atoms with van der Waals surface area (Å²) in [4.78, 5) is 28.6. The van der Waals surface area contributed by atoms with Crippen molar-refractivity contribution in [2.45, 2.75) is 6.54 Å². The van der Waals surface area contributed by atoms with Crippen molar-refractivity contribution in [2.75, 3.05) is 0 Å². The molecule has 0 atom stereocenters. The lowest BCUT2D eigenvalue weighted by Crippen LogP contribution is -2.38. The number of allylic oxidation sites excluding steroid dienone is 1. The van der Waals surface area contributed by atoms with E-state index in [2.05, 4.69) is 4.98 Å². The summed E-state index contributed by atoms with van der Waals surface area (Å²) in [5, 5.41) is 0. The summed E-state index contributed by atoms with van der Waals surface area (Å²) < 4.78 is 1.67. The number of aromatic nitrogens is 2. The fourth-order valence-corrected chi connectivity index (χ4v) is 2.36. The summed E-state index contributed by atoms with van der Waals surface area (Å²) in [7, 11) is 0. The van der Waals surface area contributed by atoms with Gasteiger partial charge in [-0.25, -0.2) is 4.98 Å². The van der Waals surface area contributed by atoms with Crippen LogP contribution in [0.4, 0.5) is 0 Å². The van der Waals surface area contributed by atoms with Gasteiger partial charge in [0.1, 0.15) is 0 Å². The van der Waals surface area contributed by atoms with Gasteiger partial charge in [-0.1, -0.05) is 66.7 Å². The van der Waals surface area contributed by atoms with Crippen LogP contribution in [0.2, 0.25) is 0 Å². The second-order valence-electron chi connectivity index (χ2n) is 5.51. The second-order valence-corrected chi connectivity index (χ2v) is 5.51. The molecule has 122 valence electrons. The lowest BCUT2D eigenvalue weighted by Gasteiger charge is -1.99. The van der Waals surface area contributed by atoms with E-state index in [4.69, 9.17) is 0 Å². The number of rotatable bonds is 6. The molecule has 2 aromatic carbocycles. The Morgan fingerprint density at radius 3 is 2.36 bits per heavy atom. The standard InChI is InChI=1S/C21H17N2O2/c24-20(12-11-17-7-3-1-4-8-17)19-15-23(14-13-22-19)16-21(25)18-9-5-2-6-10-18/h1-15H,16H2/q+1. The summed E-state index contributed by atoms with van der Waals surface area (Å²) in [5.74, 6) is -0.222. The van der Waals surface area contributed by atoms with E-state index in [1.807, 2.05) is 48.5 Å². The molecule has 0 amide bonds. The molecule has 4 nitrogen and oxygen atoms in total. The summed E-state index contributed by atoms with van der Waals surface area (Å²) in [6.45, 7) is 0.162. The van der Waals surface area contributed by atoms with Gasteiger partial charge in [0.25, 0.3) is 0 Å². The van der Waals surface area contributed by atoms with E-state index in [1.54, 1.807) is 35.2 Å². The Labute approximate surface area is 146 Å². The molecule has 0 aliphatic rings. The molecule has 1 heterocycles. The molecule has 0 bridgehead atoms. The van der Waals surface area contributed by atoms with Crippen LogP contribution in [0.15, 0.2) is 85.3 Å². The molecular formula is C21H17N2O2+. The first-order valence-corrected chi connectivity index (χ1v) is 7.93. The summed E-state index contributed by atoms with van der Waals surface area (Å²) in [6, 6.07) is 18.7. The minimum Gasteiger partial charge on any atom is -0.287 e. The van der Waals surface area contributed by atoms with Gasteiger partial charge in [0.15, 0.2) is 18.1 Å². The number of carbonyl (C=O) groups excluding carboxylic acids is 2. The van der Waals surface area contributed by atoms with Crippen LogP contribution in [0.1, 0.15) is 26.4 Å². The largest absolute Gasteiger partial charge is 0.287 e. The summed E-state index contributed by atoms with van der Waals surface area (Å²) in [6.07, 6.45) is 8.04. The molecule has 0 spiro atoms. The maximum atomic E-state index is 12.3. The number of Topliss-reactive ketones (excluding diaryl/α,β-unsaturated/α-hetero) is 1. The van der Waals surface area contributed by atoms with Gasteiger partial charge in [-0.2, -0.15) is 4.57 Å². The van der Waals surface area contributed by atoms with E-state index in [0.29, 0.717) is 11.3 Å². The van der Waals surface area contributed by atoms with E-state index in [1.165, 1.54) is 12.3 Å². The SMILES string of the molecule is O=C(C[n+]1ccnc(C(=O)C=Cc2ccccc2)c1)c1ccccc1. The molecule has 4 heteroatoms. The Hall–Kier alpha value is -3.40. The van der Waals surface area contributed by atoms with Gasteiger partial charge in [0, 0.05) is 5.56 Å². The van der Waals surface area contributed by atoms with Crippen molar-refractivity contribution in [2.24, 2.45) is 0 Å².